The number of hydrogen-bond acceptors (Lipinski definition) is 5. The summed E-state index contributed by atoms with van der Waals surface area (Å²) in [4.78, 5) is 15.1. The number of hydrogen-bond donors (Lipinski definition) is 2. The van der Waals surface area contributed by atoms with Crippen molar-refractivity contribution in [3.8, 4) is 0 Å². The van der Waals surface area contributed by atoms with Gasteiger partial charge in [0.25, 0.3) is 5.91 Å². The number of carbonyl (C=O) groups excluding carboxylic acids is 1. The fourth-order valence-corrected chi connectivity index (χ4v) is 2.56. The molecule has 3 N–H and O–H groups in total. The van der Waals surface area contributed by atoms with Crippen LogP contribution >= 0.6 is 36.2 Å². The van der Waals surface area contributed by atoms with Crippen LogP contribution in [0.1, 0.15) is 10.9 Å². The predicted octanol–water partition coefficient (Wildman–Crippen LogP) is 1.28. The van der Waals surface area contributed by atoms with E-state index in [9.17, 15) is 4.79 Å². The van der Waals surface area contributed by atoms with Crippen molar-refractivity contribution in [3.05, 3.63) is 22.4 Å². The maximum Gasteiger partial charge on any atom is 0.250 e. The quantitative estimate of drug-likeness (QED) is 0.782. The second kappa shape index (κ2) is 11.3. The molecule has 0 aliphatic rings. The smallest absolute Gasteiger partial charge is 0.250 e. The van der Waals surface area contributed by atoms with Crippen LogP contribution < -0.4 is 11.1 Å². The highest BCUT2D eigenvalue weighted by Crippen LogP contribution is 2.22. The minimum Gasteiger partial charge on any atom is -0.370 e. The number of nitrogens with two attached hydrogens (primary N) is 1. The van der Waals surface area contributed by atoms with Gasteiger partial charge in [0.2, 0.25) is 0 Å². The second-order valence-electron chi connectivity index (χ2n) is 4.20. The lowest BCUT2D eigenvalue weighted by Crippen LogP contribution is -2.43. The largest absolute Gasteiger partial charge is 0.370 e. The number of nitrogens with zero attached hydrogens (tertiary/aromatic N) is 1. The Kier molecular flexibility index (Phi) is 12.4. The standard InChI is InChI=1S/C12H21N3O2S.2ClH/c1-15(2)9(11-5-4-6-18-11)8-14-12(16)10(7-13)17-3;;/h4-6,9-10H,7-8,13H2,1-3H3,(H,14,16);2*1H. The molecule has 1 aromatic rings. The van der Waals surface area contributed by atoms with E-state index in [1.807, 2.05) is 25.5 Å². The molecule has 2 unspecified atom stereocenters. The SMILES string of the molecule is COC(CN)C(=O)NCC(c1cccs1)N(C)C.Cl.Cl. The molecule has 0 saturated heterocycles. The van der Waals surface area contributed by atoms with E-state index in [0.717, 1.165) is 0 Å². The van der Waals surface area contributed by atoms with Crippen LogP contribution in [-0.2, 0) is 9.53 Å². The van der Waals surface area contributed by atoms with Gasteiger partial charge in [-0.15, -0.1) is 36.2 Å². The number of amides is 1. The van der Waals surface area contributed by atoms with Crippen molar-refractivity contribution < 1.29 is 9.53 Å². The van der Waals surface area contributed by atoms with Gasteiger partial charge in [-0.25, -0.2) is 0 Å². The first-order chi connectivity index (χ1) is 8.60. The molecule has 118 valence electrons. The molecule has 0 spiro atoms. The Morgan fingerprint density at radius 2 is 2.15 bits per heavy atom. The van der Waals surface area contributed by atoms with E-state index in [1.54, 1.807) is 11.3 Å². The van der Waals surface area contributed by atoms with E-state index in [1.165, 1.54) is 12.0 Å². The number of likely N-dealkylation sites (N-methyl/N-ethyl adjacent to an activating group) is 1. The highest BCUT2D eigenvalue weighted by molar-refractivity contribution is 7.10. The van der Waals surface area contributed by atoms with Crippen molar-refractivity contribution in [2.24, 2.45) is 5.73 Å². The van der Waals surface area contributed by atoms with Crippen LogP contribution in [0.3, 0.4) is 0 Å². The summed E-state index contributed by atoms with van der Waals surface area (Å²) in [7, 11) is 5.47. The monoisotopic (exact) mass is 343 g/mol. The Bertz CT molecular complexity index is 360. The van der Waals surface area contributed by atoms with Crippen LogP contribution in [0.15, 0.2) is 17.5 Å². The third-order valence-electron chi connectivity index (χ3n) is 2.76. The summed E-state index contributed by atoms with van der Waals surface area (Å²) in [6.45, 7) is 0.736. The number of carbonyl (C=O) groups is 1. The normalized spacial score (nSPS) is 13.1. The molecule has 2 atom stereocenters. The van der Waals surface area contributed by atoms with Gasteiger partial charge in [0.05, 0.1) is 6.04 Å². The van der Waals surface area contributed by atoms with Crippen LogP contribution in [0.2, 0.25) is 0 Å². The summed E-state index contributed by atoms with van der Waals surface area (Å²) in [5.74, 6) is -0.164. The number of ether oxygens (including phenoxy) is 1. The number of thiophene rings is 1. The summed E-state index contributed by atoms with van der Waals surface area (Å²) < 4.78 is 5.00. The molecule has 8 heteroatoms. The molecule has 1 aromatic heterocycles. The predicted molar refractivity (Wildman–Crippen MR) is 88.1 cm³/mol. The summed E-state index contributed by atoms with van der Waals surface area (Å²) in [6, 6.07) is 4.25. The van der Waals surface area contributed by atoms with Gasteiger partial charge in [-0.1, -0.05) is 6.07 Å². The third kappa shape index (κ3) is 6.39. The highest BCUT2D eigenvalue weighted by Gasteiger charge is 2.19. The van der Waals surface area contributed by atoms with E-state index in [4.69, 9.17) is 10.5 Å². The molecule has 0 aromatic carbocycles. The van der Waals surface area contributed by atoms with Crippen molar-refractivity contribution in [1.82, 2.24) is 10.2 Å². The molecule has 0 saturated carbocycles. The zero-order valence-electron chi connectivity index (χ0n) is 11.9. The highest BCUT2D eigenvalue weighted by atomic mass is 35.5. The minimum absolute atomic E-state index is 0. The van der Waals surface area contributed by atoms with Gasteiger partial charge in [0, 0.05) is 25.1 Å². The average molecular weight is 344 g/mol. The molecule has 0 bridgehead atoms. The van der Waals surface area contributed by atoms with Crippen LogP contribution in [-0.4, -0.2) is 51.2 Å². The molecular formula is C12H23Cl2N3O2S. The van der Waals surface area contributed by atoms with Crippen molar-refractivity contribution in [3.63, 3.8) is 0 Å². The molecule has 0 fully saturated rings. The third-order valence-corrected chi connectivity index (χ3v) is 3.73. The Morgan fingerprint density at radius 3 is 2.55 bits per heavy atom. The van der Waals surface area contributed by atoms with E-state index in [2.05, 4.69) is 16.3 Å². The van der Waals surface area contributed by atoms with Gasteiger partial charge in [0.15, 0.2) is 0 Å². The van der Waals surface area contributed by atoms with E-state index < -0.39 is 6.10 Å². The van der Waals surface area contributed by atoms with Gasteiger partial charge < -0.3 is 20.7 Å². The first-order valence-electron chi connectivity index (χ1n) is 5.80. The van der Waals surface area contributed by atoms with Crippen LogP contribution in [0.4, 0.5) is 0 Å². The minimum atomic E-state index is -0.573. The van der Waals surface area contributed by atoms with Crippen LogP contribution in [0.25, 0.3) is 0 Å². The van der Waals surface area contributed by atoms with E-state index in [0.29, 0.717) is 6.54 Å². The maximum atomic E-state index is 11.8. The zero-order chi connectivity index (χ0) is 13.5. The average Bonchev–Trinajstić information content (AvgIpc) is 2.84. The van der Waals surface area contributed by atoms with Gasteiger partial charge in [0.1, 0.15) is 6.10 Å². The molecule has 0 aliphatic heterocycles. The first kappa shape index (κ1) is 21.9. The van der Waals surface area contributed by atoms with E-state index >= 15 is 0 Å². The molecule has 0 radical (unpaired) electrons. The van der Waals surface area contributed by atoms with Crippen molar-refractivity contribution in [2.45, 2.75) is 12.1 Å². The number of halogens is 2. The Hall–Kier alpha value is -0.370. The zero-order valence-corrected chi connectivity index (χ0v) is 14.3. The van der Waals surface area contributed by atoms with Crippen molar-refractivity contribution >= 4 is 42.1 Å². The number of methoxy groups -OCH3 is 1. The molecule has 5 nitrogen and oxygen atoms in total. The number of nitrogens with one attached hydrogen (secondary N) is 1. The lowest BCUT2D eigenvalue weighted by molar-refractivity contribution is -0.130. The van der Waals surface area contributed by atoms with Crippen molar-refractivity contribution in [2.75, 3.05) is 34.3 Å². The molecule has 1 heterocycles. The summed E-state index contributed by atoms with van der Waals surface area (Å²) in [6.07, 6.45) is -0.573. The fourth-order valence-electron chi connectivity index (χ4n) is 1.64. The lowest BCUT2D eigenvalue weighted by atomic mass is 10.2. The molecule has 0 aliphatic carbocycles. The first-order valence-corrected chi connectivity index (χ1v) is 6.68. The maximum absolute atomic E-state index is 11.8. The summed E-state index contributed by atoms with van der Waals surface area (Å²) in [5, 5.41) is 4.91. The lowest BCUT2D eigenvalue weighted by Gasteiger charge is -2.24. The van der Waals surface area contributed by atoms with Gasteiger partial charge >= 0.3 is 0 Å². The van der Waals surface area contributed by atoms with Crippen molar-refractivity contribution in [1.29, 1.82) is 0 Å². The molecule has 20 heavy (non-hydrogen) atoms. The molecule has 1 amide bonds. The number of rotatable bonds is 7. The Balaban J connectivity index is 0. The van der Waals surface area contributed by atoms with E-state index in [-0.39, 0.29) is 43.3 Å². The topological polar surface area (TPSA) is 67.6 Å². The Labute approximate surface area is 136 Å². The fraction of sp³-hybridized carbons (Fsp3) is 0.583. The van der Waals surface area contributed by atoms with Gasteiger partial charge in [-0.2, -0.15) is 0 Å². The molecule has 1 rings (SSSR count). The second-order valence-corrected chi connectivity index (χ2v) is 5.18. The van der Waals surface area contributed by atoms with Gasteiger partial charge in [-0.3, -0.25) is 4.79 Å². The summed E-state index contributed by atoms with van der Waals surface area (Å²) in [5.41, 5.74) is 5.45. The van der Waals surface area contributed by atoms with Crippen LogP contribution in [0, 0.1) is 0 Å². The van der Waals surface area contributed by atoms with Gasteiger partial charge in [-0.05, 0) is 25.5 Å². The molecular weight excluding hydrogens is 321 g/mol. The summed E-state index contributed by atoms with van der Waals surface area (Å²) >= 11 is 1.68. The Morgan fingerprint density at radius 1 is 1.50 bits per heavy atom. The van der Waals surface area contributed by atoms with Crippen LogP contribution in [0.5, 0.6) is 0 Å².